The predicted molar refractivity (Wildman–Crippen MR) is 111 cm³/mol. The van der Waals surface area contributed by atoms with Crippen LogP contribution in [0.3, 0.4) is 0 Å². The number of amides is 4. The average Bonchev–Trinajstić information content (AvgIpc) is 3.27. The molecule has 1 saturated heterocycles. The molecule has 3 rings (SSSR count). The van der Waals surface area contributed by atoms with Gasteiger partial charge in [0, 0.05) is 18.7 Å². The molecule has 1 aromatic rings. The number of urea groups is 1. The molecule has 0 atom stereocenters. The quantitative estimate of drug-likeness (QED) is 0.502. The first-order valence-electron chi connectivity index (χ1n) is 10.5. The summed E-state index contributed by atoms with van der Waals surface area (Å²) in [6.45, 7) is 3.85. The number of benzene rings is 1. The zero-order valence-electron chi connectivity index (χ0n) is 17.5. The number of anilines is 1. The van der Waals surface area contributed by atoms with Crippen LogP contribution in [-0.4, -0.2) is 47.4 Å². The van der Waals surface area contributed by atoms with Crippen LogP contribution < -0.4 is 10.6 Å². The molecule has 30 heavy (non-hydrogen) atoms. The molecule has 1 spiro atoms. The van der Waals surface area contributed by atoms with Gasteiger partial charge in [0.25, 0.3) is 11.8 Å². The van der Waals surface area contributed by atoms with E-state index in [9.17, 15) is 19.2 Å². The Bertz CT molecular complexity index is 830. The predicted octanol–water partition coefficient (Wildman–Crippen LogP) is 2.94. The van der Waals surface area contributed by atoms with Gasteiger partial charge in [-0.2, -0.15) is 0 Å². The molecular formula is C22H29N3O5. The second-order valence-electron chi connectivity index (χ2n) is 8.23. The Morgan fingerprint density at radius 1 is 1.20 bits per heavy atom. The highest BCUT2D eigenvalue weighted by atomic mass is 16.5. The van der Waals surface area contributed by atoms with Crippen LogP contribution in [0.15, 0.2) is 24.3 Å². The zero-order chi connectivity index (χ0) is 21.7. The van der Waals surface area contributed by atoms with E-state index in [4.69, 9.17) is 4.74 Å². The number of hydrogen-bond donors (Lipinski definition) is 2. The molecule has 1 saturated carbocycles. The van der Waals surface area contributed by atoms with E-state index in [1.54, 1.807) is 0 Å². The summed E-state index contributed by atoms with van der Waals surface area (Å²) in [6.07, 6.45) is 3.52. The summed E-state index contributed by atoms with van der Waals surface area (Å²) < 4.78 is 5.03. The summed E-state index contributed by atoms with van der Waals surface area (Å²) in [6, 6.07) is 7.10. The van der Waals surface area contributed by atoms with E-state index in [1.807, 2.05) is 38.1 Å². The molecule has 162 valence electrons. The molecule has 0 unspecified atom stereocenters. The lowest BCUT2D eigenvalue weighted by Gasteiger charge is -2.19. The highest BCUT2D eigenvalue weighted by Crippen LogP contribution is 2.35. The maximum absolute atomic E-state index is 12.6. The Balaban J connectivity index is 1.40. The van der Waals surface area contributed by atoms with Gasteiger partial charge >= 0.3 is 12.0 Å². The fourth-order valence-corrected chi connectivity index (χ4v) is 4.10. The van der Waals surface area contributed by atoms with Crippen LogP contribution in [0, 0.1) is 0 Å². The largest absolute Gasteiger partial charge is 0.456 e. The van der Waals surface area contributed by atoms with E-state index >= 15 is 0 Å². The number of hydrogen-bond acceptors (Lipinski definition) is 5. The van der Waals surface area contributed by atoms with E-state index in [0.717, 1.165) is 18.4 Å². The van der Waals surface area contributed by atoms with Crippen LogP contribution >= 0.6 is 0 Å². The van der Waals surface area contributed by atoms with E-state index in [1.165, 1.54) is 4.90 Å². The zero-order valence-corrected chi connectivity index (χ0v) is 17.5. The van der Waals surface area contributed by atoms with Crippen molar-refractivity contribution in [3.63, 3.8) is 0 Å². The lowest BCUT2D eigenvalue weighted by atomic mass is 9.98. The minimum Gasteiger partial charge on any atom is -0.456 e. The van der Waals surface area contributed by atoms with Gasteiger partial charge in [0.1, 0.15) is 5.54 Å². The highest BCUT2D eigenvalue weighted by molar-refractivity contribution is 6.07. The molecule has 2 N–H and O–H groups in total. The van der Waals surface area contributed by atoms with Gasteiger partial charge in [-0.1, -0.05) is 44.9 Å². The second kappa shape index (κ2) is 9.28. The first-order valence-corrected chi connectivity index (χ1v) is 10.5. The van der Waals surface area contributed by atoms with Gasteiger partial charge in [-0.3, -0.25) is 19.3 Å². The molecule has 1 aromatic carbocycles. The van der Waals surface area contributed by atoms with Crippen molar-refractivity contribution in [2.24, 2.45) is 0 Å². The van der Waals surface area contributed by atoms with E-state index in [2.05, 4.69) is 10.6 Å². The van der Waals surface area contributed by atoms with Crippen LogP contribution in [-0.2, 0) is 19.1 Å². The van der Waals surface area contributed by atoms with Gasteiger partial charge in [-0.15, -0.1) is 0 Å². The second-order valence-corrected chi connectivity index (χ2v) is 8.23. The minimum atomic E-state index is -0.734. The fourth-order valence-electron chi connectivity index (χ4n) is 4.10. The van der Waals surface area contributed by atoms with E-state index in [-0.39, 0.29) is 31.4 Å². The molecule has 1 heterocycles. The molecule has 1 aliphatic heterocycles. The maximum atomic E-state index is 12.6. The molecule has 8 nitrogen and oxygen atoms in total. The SMILES string of the molecule is CC(C)c1ccccc1NC(=O)COC(=O)CCCN1C(=O)NC2(CCCC2)C1=O. The third-order valence-corrected chi connectivity index (χ3v) is 5.69. The Hall–Kier alpha value is -2.90. The van der Waals surface area contributed by atoms with Gasteiger partial charge in [-0.25, -0.2) is 4.79 Å². The smallest absolute Gasteiger partial charge is 0.325 e. The van der Waals surface area contributed by atoms with Gasteiger partial charge in [0.05, 0.1) is 0 Å². The normalized spacial score (nSPS) is 17.5. The third kappa shape index (κ3) is 4.80. The number of carbonyl (C=O) groups is 4. The maximum Gasteiger partial charge on any atom is 0.325 e. The lowest BCUT2D eigenvalue weighted by Crippen LogP contribution is -2.44. The summed E-state index contributed by atoms with van der Waals surface area (Å²) in [5.74, 6) is -0.891. The topological polar surface area (TPSA) is 105 Å². The molecule has 2 aliphatic rings. The molecule has 0 radical (unpaired) electrons. The third-order valence-electron chi connectivity index (χ3n) is 5.69. The molecule has 1 aliphatic carbocycles. The van der Waals surface area contributed by atoms with Crippen LogP contribution in [0.5, 0.6) is 0 Å². The van der Waals surface area contributed by atoms with Gasteiger partial charge < -0.3 is 15.4 Å². The van der Waals surface area contributed by atoms with Crippen LogP contribution in [0.1, 0.15) is 63.9 Å². The van der Waals surface area contributed by atoms with E-state index < -0.39 is 23.4 Å². The first-order chi connectivity index (χ1) is 14.3. The van der Waals surface area contributed by atoms with Crippen molar-refractivity contribution in [2.45, 2.75) is 63.8 Å². The summed E-state index contributed by atoms with van der Waals surface area (Å²) in [5, 5.41) is 5.58. The number of nitrogens with one attached hydrogen (secondary N) is 2. The number of para-hydroxylation sites is 1. The van der Waals surface area contributed by atoms with Gasteiger partial charge in [0.2, 0.25) is 0 Å². The number of carbonyl (C=O) groups excluding carboxylic acids is 4. The molecule has 4 amide bonds. The summed E-state index contributed by atoms with van der Waals surface area (Å²) >= 11 is 0. The Morgan fingerprint density at radius 3 is 2.60 bits per heavy atom. The Labute approximate surface area is 176 Å². The lowest BCUT2D eigenvalue weighted by molar-refractivity contribution is -0.147. The van der Waals surface area contributed by atoms with E-state index in [0.29, 0.717) is 24.9 Å². The summed E-state index contributed by atoms with van der Waals surface area (Å²) in [5.41, 5.74) is 0.973. The van der Waals surface area contributed by atoms with Crippen molar-refractivity contribution in [1.29, 1.82) is 0 Å². The average molecular weight is 415 g/mol. The fraction of sp³-hybridized carbons (Fsp3) is 0.545. The number of nitrogens with zero attached hydrogens (tertiary/aromatic N) is 1. The Kier molecular flexibility index (Phi) is 6.74. The van der Waals surface area contributed by atoms with Crippen LogP contribution in [0.4, 0.5) is 10.5 Å². The highest BCUT2D eigenvalue weighted by Gasteiger charge is 2.52. The van der Waals surface area contributed by atoms with Crippen molar-refractivity contribution >= 4 is 29.5 Å². The van der Waals surface area contributed by atoms with Crippen molar-refractivity contribution in [1.82, 2.24) is 10.2 Å². The van der Waals surface area contributed by atoms with Crippen LogP contribution in [0.25, 0.3) is 0 Å². The number of rotatable bonds is 8. The molecule has 8 heteroatoms. The number of esters is 1. The summed E-state index contributed by atoms with van der Waals surface area (Å²) in [7, 11) is 0. The van der Waals surface area contributed by atoms with Crippen molar-refractivity contribution in [2.75, 3.05) is 18.5 Å². The molecular weight excluding hydrogens is 386 g/mol. The minimum absolute atomic E-state index is 0.0277. The Morgan fingerprint density at radius 2 is 1.90 bits per heavy atom. The number of imide groups is 1. The standard InChI is InChI=1S/C22H29N3O5/c1-15(2)16-8-3-4-9-17(16)23-18(26)14-30-19(27)10-7-13-25-20(28)22(24-21(25)29)11-5-6-12-22/h3-4,8-9,15H,5-7,10-14H2,1-2H3,(H,23,26)(H,24,29). The van der Waals surface area contributed by atoms with Crippen molar-refractivity contribution in [3.8, 4) is 0 Å². The monoisotopic (exact) mass is 415 g/mol. The molecule has 0 aromatic heterocycles. The van der Waals surface area contributed by atoms with Gasteiger partial charge in [0.15, 0.2) is 6.61 Å². The first kappa shape index (κ1) is 21.8. The molecule has 2 fully saturated rings. The molecule has 0 bridgehead atoms. The van der Waals surface area contributed by atoms with Gasteiger partial charge in [-0.05, 0) is 36.8 Å². The van der Waals surface area contributed by atoms with Crippen LogP contribution in [0.2, 0.25) is 0 Å². The van der Waals surface area contributed by atoms with Crippen molar-refractivity contribution < 1.29 is 23.9 Å². The number of ether oxygens (including phenoxy) is 1. The summed E-state index contributed by atoms with van der Waals surface area (Å²) in [4.78, 5) is 49.9. The van der Waals surface area contributed by atoms with Crippen molar-refractivity contribution in [3.05, 3.63) is 29.8 Å².